The molecule has 0 aliphatic heterocycles. The molecule has 3 nitrogen and oxygen atoms in total. The molecule has 0 unspecified atom stereocenters. The van der Waals surface area contributed by atoms with Crippen LogP contribution >= 0.6 is 0 Å². The number of aliphatic imine (C=N–C) groups is 1. The molecule has 3 heteroatoms. The summed E-state index contributed by atoms with van der Waals surface area (Å²) in [7, 11) is 2.02. The van der Waals surface area contributed by atoms with Crippen molar-refractivity contribution in [2.75, 3.05) is 13.6 Å². The van der Waals surface area contributed by atoms with Crippen LogP contribution in [0.5, 0.6) is 0 Å². The molecule has 0 saturated heterocycles. The highest BCUT2D eigenvalue weighted by molar-refractivity contribution is 5.64. The van der Waals surface area contributed by atoms with Gasteiger partial charge < -0.3 is 4.90 Å². The predicted octanol–water partition coefficient (Wildman–Crippen LogP) is 4.38. The summed E-state index contributed by atoms with van der Waals surface area (Å²) in [4.78, 5) is 6.63. The molecule has 0 aromatic heterocycles. The van der Waals surface area contributed by atoms with Gasteiger partial charge in [0.05, 0.1) is 23.7 Å². The van der Waals surface area contributed by atoms with Crippen molar-refractivity contribution in [1.29, 1.82) is 5.26 Å². The molecular formula is C20H23N3. The van der Waals surface area contributed by atoms with E-state index in [2.05, 4.69) is 48.9 Å². The first-order valence-corrected chi connectivity index (χ1v) is 7.87. The van der Waals surface area contributed by atoms with E-state index in [-0.39, 0.29) is 0 Å². The zero-order valence-corrected chi connectivity index (χ0v) is 14.3. The largest absolute Gasteiger partial charge is 0.366 e. The topological polar surface area (TPSA) is 39.4 Å². The maximum atomic E-state index is 8.87. The molecule has 0 spiro atoms. The van der Waals surface area contributed by atoms with Gasteiger partial charge >= 0.3 is 0 Å². The van der Waals surface area contributed by atoms with E-state index in [0.717, 1.165) is 18.7 Å². The van der Waals surface area contributed by atoms with E-state index in [4.69, 9.17) is 5.26 Å². The number of benzene rings is 2. The second-order valence-corrected chi connectivity index (χ2v) is 5.87. The minimum absolute atomic E-state index is 0.700. The summed E-state index contributed by atoms with van der Waals surface area (Å²) in [6.45, 7) is 7.27. The molecule has 2 aromatic rings. The first-order valence-electron chi connectivity index (χ1n) is 7.87. The van der Waals surface area contributed by atoms with Crippen LogP contribution in [0.3, 0.4) is 0 Å². The number of nitrogens with zero attached hydrogens (tertiary/aromatic N) is 3. The van der Waals surface area contributed by atoms with E-state index in [1.54, 1.807) is 0 Å². The maximum Gasteiger partial charge on any atom is 0.0991 e. The van der Waals surface area contributed by atoms with Crippen LogP contribution in [0.15, 0.2) is 41.4 Å². The van der Waals surface area contributed by atoms with Crippen LogP contribution in [0.4, 0.5) is 5.69 Å². The fourth-order valence-corrected chi connectivity index (χ4v) is 2.35. The summed E-state index contributed by atoms with van der Waals surface area (Å²) in [5.41, 5.74) is 6.66. The molecule has 0 saturated carbocycles. The van der Waals surface area contributed by atoms with Gasteiger partial charge in [-0.3, -0.25) is 0 Å². The zero-order chi connectivity index (χ0) is 16.8. The highest BCUT2D eigenvalue weighted by atomic mass is 15.1. The Labute approximate surface area is 138 Å². The van der Waals surface area contributed by atoms with Gasteiger partial charge in [0.25, 0.3) is 0 Å². The van der Waals surface area contributed by atoms with Crippen molar-refractivity contribution >= 4 is 12.0 Å². The van der Waals surface area contributed by atoms with Crippen molar-refractivity contribution in [3.63, 3.8) is 0 Å². The van der Waals surface area contributed by atoms with Crippen molar-refractivity contribution in [2.24, 2.45) is 4.99 Å². The summed E-state index contributed by atoms with van der Waals surface area (Å²) < 4.78 is 0. The number of rotatable bonds is 5. The maximum absolute atomic E-state index is 8.87. The lowest BCUT2D eigenvalue weighted by atomic mass is 9.97. The van der Waals surface area contributed by atoms with Crippen LogP contribution in [-0.4, -0.2) is 24.8 Å². The van der Waals surface area contributed by atoms with Gasteiger partial charge in [0, 0.05) is 13.6 Å². The normalized spacial score (nSPS) is 10.7. The van der Waals surface area contributed by atoms with E-state index in [1.165, 1.54) is 22.3 Å². The Kier molecular flexibility index (Phi) is 5.54. The zero-order valence-electron chi connectivity index (χ0n) is 14.3. The molecule has 0 N–H and O–H groups in total. The highest BCUT2D eigenvalue weighted by Crippen LogP contribution is 2.25. The van der Waals surface area contributed by atoms with Gasteiger partial charge in [0.2, 0.25) is 0 Å². The molecule has 0 radical (unpaired) electrons. The number of nitriles is 1. The summed E-state index contributed by atoms with van der Waals surface area (Å²) in [6, 6.07) is 14.3. The quantitative estimate of drug-likeness (QED) is 0.607. The molecule has 23 heavy (non-hydrogen) atoms. The van der Waals surface area contributed by atoms with Gasteiger partial charge in [-0.1, -0.05) is 18.2 Å². The summed E-state index contributed by atoms with van der Waals surface area (Å²) in [5, 5.41) is 8.87. The van der Waals surface area contributed by atoms with E-state index >= 15 is 0 Å². The molecule has 0 heterocycles. The van der Waals surface area contributed by atoms with Gasteiger partial charge in [0.15, 0.2) is 0 Å². The molecule has 2 aromatic carbocycles. The Hall–Kier alpha value is -2.60. The van der Waals surface area contributed by atoms with Gasteiger partial charge in [-0.2, -0.15) is 5.26 Å². The Morgan fingerprint density at radius 3 is 2.43 bits per heavy atom. The molecule has 0 amide bonds. The molecule has 2 rings (SSSR count). The van der Waals surface area contributed by atoms with Crippen molar-refractivity contribution in [3.8, 4) is 6.07 Å². The van der Waals surface area contributed by atoms with Crippen molar-refractivity contribution in [3.05, 3.63) is 64.2 Å². The average Bonchev–Trinajstić information content (AvgIpc) is 2.57. The van der Waals surface area contributed by atoms with Gasteiger partial charge in [-0.25, -0.2) is 4.99 Å². The molecule has 0 aliphatic carbocycles. The molecule has 0 fully saturated rings. The third-order valence-electron chi connectivity index (χ3n) is 4.02. The highest BCUT2D eigenvalue weighted by Gasteiger charge is 2.05. The minimum atomic E-state index is 0.700. The number of aryl methyl sites for hydroxylation is 2. The lowest BCUT2D eigenvalue weighted by molar-refractivity contribution is 0.552. The molecule has 0 aliphatic rings. The Morgan fingerprint density at radius 1 is 1.13 bits per heavy atom. The summed E-state index contributed by atoms with van der Waals surface area (Å²) >= 11 is 0. The molecule has 0 bridgehead atoms. The molecule has 118 valence electrons. The van der Waals surface area contributed by atoms with Crippen LogP contribution in [0.2, 0.25) is 0 Å². The van der Waals surface area contributed by atoms with Crippen LogP contribution in [0, 0.1) is 25.2 Å². The lowest BCUT2D eigenvalue weighted by Gasteiger charge is -2.12. The first kappa shape index (κ1) is 16.8. The van der Waals surface area contributed by atoms with E-state index in [9.17, 15) is 0 Å². The van der Waals surface area contributed by atoms with Crippen LogP contribution in [-0.2, 0) is 6.42 Å². The fraction of sp³-hybridized carbons (Fsp3) is 0.300. The Morgan fingerprint density at radius 2 is 1.83 bits per heavy atom. The van der Waals surface area contributed by atoms with Gasteiger partial charge in [-0.05, 0) is 67.6 Å². The summed E-state index contributed by atoms with van der Waals surface area (Å²) in [6.07, 6.45) is 2.75. The van der Waals surface area contributed by atoms with Crippen molar-refractivity contribution in [1.82, 2.24) is 4.90 Å². The lowest BCUT2D eigenvalue weighted by Crippen LogP contribution is -2.14. The molecular weight excluding hydrogens is 282 g/mol. The summed E-state index contributed by atoms with van der Waals surface area (Å²) in [5.74, 6) is 0. The van der Waals surface area contributed by atoms with Crippen molar-refractivity contribution < 1.29 is 0 Å². The second-order valence-electron chi connectivity index (χ2n) is 5.87. The van der Waals surface area contributed by atoms with Gasteiger partial charge in [0.1, 0.15) is 0 Å². The third kappa shape index (κ3) is 4.43. The smallest absolute Gasteiger partial charge is 0.0991 e. The predicted molar refractivity (Wildman–Crippen MR) is 96.3 cm³/mol. The average molecular weight is 305 g/mol. The van der Waals surface area contributed by atoms with E-state index in [1.807, 2.05) is 37.7 Å². The Balaban J connectivity index is 2.22. The van der Waals surface area contributed by atoms with Crippen LogP contribution < -0.4 is 0 Å². The van der Waals surface area contributed by atoms with Crippen LogP contribution in [0.1, 0.15) is 34.7 Å². The van der Waals surface area contributed by atoms with Crippen molar-refractivity contribution in [2.45, 2.75) is 27.2 Å². The van der Waals surface area contributed by atoms with Gasteiger partial charge in [-0.15, -0.1) is 0 Å². The van der Waals surface area contributed by atoms with E-state index < -0.39 is 0 Å². The monoisotopic (exact) mass is 305 g/mol. The third-order valence-corrected chi connectivity index (χ3v) is 4.02. The Bertz CT molecular complexity index is 737. The minimum Gasteiger partial charge on any atom is -0.366 e. The molecule has 0 atom stereocenters. The van der Waals surface area contributed by atoms with E-state index in [0.29, 0.717) is 5.56 Å². The SMILES string of the molecule is CCN(C)C=Nc1cc(C)c(Cc2ccc(C#N)cc2)cc1C. The fourth-order valence-electron chi connectivity index (χ4n) is 2.35. The standard InChI is InChI=1S/C20H23N3/c1-5-23(4)14-22-20-11-15(2)19(10-16(20)3)12-17-6-8-18(13-21)9-7-17/h6-11,14H,5,12H2,1-4H3. The number of hydrogen-bond acceptors (Lipinski definition) is 2. The van der Waals surface area contributed by atoms with Crippen LogP contribution in [0.25, 0.3) is 0 Å². The second kappa shape index (κ2) is 7.60. The first-order chi connectivity index (χ1) is 11.0. The number of hydrogen-bond donors (Lipinski definition) is 0.